The van der Waals surface area contributed by atoms with Gasteiger partial charge in [0, 0.05) is 16.7 Å². The third kappa shape index (κ3) is 1.57. The lowest BCUT2D eigenvalue weighted by molar-refractivity contribution is 0.354. The molecule has 1 heterocycles. The van der Waals surface area contributed by atoms with Crippen LogP contribution in [0.3, 0.4) is 0 Å². The zero-order valence-corrected chi connectivity index (χ0v) is 8.93. The van der Waals surface area contributed by atoms with E-state index >= 15 is 0 Å². The number of benzene rings is 1. The van der Waals surface area contributed by atoms with Gasteiger partial charge < -0.3 is 9.47 Å². The molecule has 2 rings (SSSR count). The highest BCUT2D eigenvalue weighted by atomic mass is 32.2. The van der Waals surface area contributed by atoms with Crippen LogP contribution < -0.4 is 9.47 Å². The van der Waals surface area contributed by atoms with Crippen LogP contribution in [0.5, 0.6) is 11.5 Å². The molecule has 0 unspecified atom stereocenters. The number of hydrogen-bond donors (Lipinski definition) is 0. The molecular weight excluding hydrogens is 198 g/mol. The SMILES string of the molecule is COc1cc2c(cc1OC)SCN=C2. The molecule has 0 aliphatic carbocycles. The van der Waals surface area contributed by atoms with Crippen LogP contribution in [0.4, 0.5) is 0 Å². The molecule has 0 aromatic heterocycles. The number of hydrogen-bond acceptors (Lipinski definition) is 4. The van der Waals surface area contributed by atoms with Gasteiger partial charge in [0.05, 0.1) is 20.1 Å². The van der Waals surface area contributed by atoms with Crippen molar-refractivity contribution < 1.29 is 9.47 Å². The van der Waals surface area contributed by atoms with Gasteiger partial charge in [0.15, 0.2) is 11.5 Å². The summed E-state index contributed by atoms with van der Waals surface area (Å²) >= 11 is 1.70. The first-order chi connectivity index (χ1) is 6.85. The second-order valence-electron chi connectivity index (χ2n) is 2.83. The second kappa shape index (κ2) is 3.92. The first-order valence-corrected chi connectivity index (χ1v) is 5.22. The highest BCUT2D eigenvalue weighted by Gasteiger charge is 2.12. The van der Waals surface area contributed by atoms with Gasteiger partial charge in [0.1, 0.15) is 0 Å². The Kier molecular flexibility index (Phi) is 2.63. The Hall–Kier alpha value is -1.16. The van der Waals surface area contributed by atoms with Crippen molar-refractivity contribution in [1.29, 1.82) is 0 Å². The molecule has 1 aliphatic rings. The van der Waals surface area contributed by atoms with E-state index < -0.39 is 0 Å². The predicted molar refractivity (Wildman–Crippen MR) is 57.9 cm³/mol. The maximum Gasteiger partial charge on any atom is 0.161 e. The van der Waals surface area contributed by atoms with E-state index in [1.807, 2.05) is 18.3 Å². The van der Waals surface area contributed by atoms with Gasteiger partial charge in [-0.05, 0) is 12.1 Å². The van der Waals surface area contributed by atoms with Gasteiger partial charge in [0.25, 0.3) is 0 Å². The summed E-state index contributed by atoms with van der Waals surface area (Å²) in [6, 6.07) is 3.94. The van der Waals surface area contributed by atoms with Gasteiger partial charge in [-0.25, -0.2) is 0 Å². The number of ether oxygens (including phenoxy) is 2. The molecule has 0 radical (unpaired) electrons. The number of fused-ring (bicyclic) bond motifs is 1. The smallest absolute Gasteiger partial charge is 0.161 e. The zero-order chi connectivity index (χ0) is 9.97. The summed E-state index contributed by atoms with van der Waals surface area (Å²) in [5, 5.41) is 0. The summed E-state index contributed by atoms with van der Waals surface area (Å²) in [5.41, 5.74) is 1.10. The van der Waals surface area contributed by atoms with E-state index in [1.54, 1.807) is 26.0 Å². The van der Waals surface area contributed by atoms with Crippen LogP contribution >= 0.6 is 11.8 Å². The van der Waals surface area contributed by atoms with Gasteiger partial charge in [-0.3, -0.25) is 4.99 Å². The Morgan fingerprint density at radius 3 is 2.64 bits per heavy atom. The summed E-state index contributed by atoms with van der Waals surface area (Å²) in [6.07, 6.45) is 1.87. The second-order valence-corrected chi connectivity index (χ2v) is 3.82. The summed E-state index contributed by atoms with van der Waals surface area (Å²) < 4.78 is 10.4. The molecule has 0 atom stereocenters. The number of thioether (sulfide) groups is 1. The van der Waals surface area contributed by atoms with E-state index in [4.69, 9.17) is 9.47 Å². The molecule has 0 amide bonds. The van der Waals surface area contributed by atoms with Crippen LogP contribution in [0.1, 0.15) is 5.56 Å². The molecule has 0 saturated heterocycles. The lowest BCUT2D eigenvalue weighted by atomic mass is 10.2. The van der Waals surface area contributed by atoms with Crippen molar-refractivity contribution in [3.8, 4) is 11.5 Å². The normalized spacial score (nSPS) is 13.6. The van der Waals surface area contributed by atoms with E-state index in [0.717, 1.165) is 22.9 Å². The molecule has 0 fully saturated rings. The van der Waals surface area contributed by atoms with Crippen molar-refractivity contribution in [1.82, 2.24) is 0 Å². The minimum absolute atomic E-state index is 0.750. The zero-order valence-electron chi connectivity index (χ0n) is 8.11. The largest absolute Gasteiger partial charge is 0.493 e. The molecular formula is C10H11NO2S. The highest BCUT2D eigenvalue weighted by molar-refractivity contribution is 7.99. The van der Waals surface area contributed by atoms with Crippen molar-refractivity contribution in [3.05, 3.63) is 17.7 Å². The monoisotopic (exact) mass is 209 g/mol. The van der Waals surface area contributed by atoms with Crippen LogP contribution in [0, 0.1) is 0 Å². The molecule has 14 heavy (non-hydrogen) atoms. The summed E-state index contributed by atoms with van der Waals surface area (Å²) in [4.78, 5) is 5.38. The average molecular weight is 209 g/mol. The van der Waals surface area contributed by atoms with Crippen LogP contribution in [0.15, 0.2) is 22.0 Å². The van der Waals surface area contributed by atoms with Crippen LogP contribution in [-0.2, 0) is 0 Å². The Morgan fingerprint density at radius 2 is 1.93 bits per heavy atom. The predicted octanol–water partition coefficient (Wildman–Crippen LogP) is 2.19. The fourth-order valence-corrected chi connectivity index (χ4v) is 2.10. The van der Waals surface area contributed by atoms with Gasteiger partial charge in [0.2, 0.25) is 0 Å². The van der Waals surface area contributed by atoms with Crippen molar-refractivity contribution in [2.45, 2.75) is 4.90 Å². The Labute approximate surface area is 87.1 Å². The lowest BCUT2D eigenvalue weighted by Gasteiger charge is -2.13. The van der Waals surface area contributed by atoms with Crippen LogP contribution in [0.25, 0.3) is 0 Å². The van der Waals surface area contributed by atoms with Crippen LogP contribution in [0.2, 0.25) is 0 Å². The van der Waals surface area contributed by atoms with E-state index in [-0.39, 0.29) is 0 Å². The van der Waals surface area contributed by atoms with E-state index in [2.05, 4.69) is 4.99 Å². The molecule has 1 aliphatic heterocycles. The number of rotatable bonds is 2. The van der Waals surface area contributed by atoms with Crippen LogP contribution in [-0.4, -0.2) is 26.3 Å². The van der Waals surface area contributed by atoms with Gasteiger partial charge in [-0.2, -0.15) is 0 Å². The molecule has 3 nitrogen and oxygen atoms in total. The van der Waals surface area contributed by atoms with Crippen molar-refractivity contribution in [2.24, 2.45) is 4.99 Å². The number of nitrogens with zero attached hydrogens (tertiary/aromatic N) is 1. The number of aliphatic imine (C=N–C) groups is 1. The molecule has 1 aromatic rings. The molecule has 1 aromatic carbocycles. The highest BCUT2D eigenvalue weighted by Crippen LogP contribution is 2.36. The van der Waals surface area contributed by atoms with E-state index in [9.17, 15) is 0 Å². The van der Waals surface area contributed by atoms with Gasteiger partial charge in [-0.15, -0.1) is 11.8 Å². The summed E-state index contributed by atoms with van der Waals surface area (Å²) in [5.74, 6) is 2.30. The summed E-state index contributed by atoms with van der Waals surface area (Å²) in [6.45, 7) is 0. The first-order valence-electron chi connectivity index (χ1n) is 4.24. The first kappa shape index (κ1) is 9.40. The molecule has 0 bridgehead atoms. The average Bonchev–Trinajstić information content (AvgIpc) is 2.27. The number of methoxy groups -OCH3 is 2. The topological polar surface area (TPSA) is 30.8 Å². The van der Waals surface area contributed by atoms with Crippen molar-refractivity contribution >= 4 is 18.0 Å². The maximum absolute atomic E-state index is 5.22. The molecule has 0 N–H and O–H groups in total. The Bertz CT molecular complexity index is 377. The quantitative estimate of drug-likeness (QED) is 0.748. The maximum atomic E-state index is 5.22. The third-order valence-electron chi connectivity index (χ3n) is 2.04. The lowest BCUT2D eigenvalue weighted by Crippen LogP contribution is -1.97. The van der Waals surface area contributed by atoms with E-state index in [1.165, 1.54) is 4.90 Å². The summed E-state index contributed by atoms with van der Waals surface area (Å²) in [7, 11) is 3.28. The Balaban J connectivity index is 2.50. The minimum Gasteiger partial charge on any atom is -0.493 e. The van der Waals surface area contributed by atoms with Gasteiger partial charge >= 0.3 is 0 Å². The molecule has 0 saturated carbocycles. The third-order valence-corrected chi connectivity index (χ3v) is 2.98. The van der Waals surface area contributed by atoms with Gasteiger partial charge in [-0.1, -0.05) is 0 Å². The Morgan fingerprint density at radius 1 is 1.21 bits per heavy atom. The fraction of sp³-hybridized carbons (Fsp3) is 0.300. The van der Waals surface area contributed by atoms with E-state index in [0.29, 0.717) is 0 Å². The van der Waals surface area contributed by atoms with Crippen molar-refractivity contribution in [3.63, 3.8) is 0 Å². The minimum atomic E-state index is 0.750. The fourth-order valence-electron chi connectivity index (χ4n) is 1.34. The molecule has 0 spiro atoms. The molecule has 4 heteroatoms. The molecule has 74 valence electrons. The standard InChI is InChI=1S/C10H11NO2S/c1-12-8-3-7-5-11-6-14-10(7)4-9(8)13-2/h3-5H,6H2,1-2H3. The van der Waals surface area contributed by atoms with Crippen molar-refractivity contribution in [2.75, 3.05) is 20.1 Å².